The van der Waals surface area contributed by atoms with Crippen LogP contribution in [0.25, 0.3) is 0 Å². The topological polar surface area (TPSA) is 134 Å². The molecule has 1 saturated carbocycles. The molecule has 1 fully saturated rings. The minimum atomic E-state index is -1.10. The number of para-hydroxylation sites is 1. The molecule has 0 heterocycles. The number of carboxylic acids is 1. The van der Waals surface area contributed by atoms with Crippen LogP contribution in [-0.2, 0) is 11.2 Å². The number of carbonyl (C=O) groups excluding carboxylic acids is 2. The molecule has 220 valence electrons. The van der Waals surface area contributed by atoms with E-state index in [9.17, 15) is 24.6 Å². The lowest BCUT2D eigenvalue weighted by atomic mass is 9.92. The van der Waals surface area contributed by atoms with E-state index >= 15 is 0 Å². The number of hydrogen-bond acceptors (Lipinski definition) is 6. The van der Waals surface area contributed by atoms with Crippen molar-refractivity contribution in [2.45, 2.75) is 44.2 Å². The molecule has 0 bridgehead atoms. The second-order valence-electron chi connectivity index (χ2n) is 10.4. The lowest BCUT2D eigenvalue weighted by molar-refractivity contribution is -0.115. The third-order valence-electron chi connectivity index (χ3n) is 7.20. The lowest BCUT2D eigenvalue weighted by Gasteiger charge is -2.29. The van der Waals surface area contributed by atoms with Crippen LogP contribution in [-0.4, -0.2) is 40.1 Å². The summed E-state index contributed by atoms with van der Waals surface area (Å²) < 4.78 is 12.1. The van der Waals surface area contributed by atoms with Crippen molar-refractivity contribution in [1.29, 1.82) is 0 Å². The van der Waals surface area contributed by atoms with Crippen molar-refractivity contribution in [3.8, 4) is 23.0 Å². The average molecular weight is 581 g/mol. The zero-order valence-corrected chi connectivity index (χ0v) is 23.4. The third-order valence-corrected chi connectivity index (χ3v) is 7.20. The first-order valence-electron chi connectivity index (χ1n) is 14.1. The van der Waals surface area contributed by atoms with E-state index in [4.69, 9.17) is 9.47 Å². The number of ether oxygens (including phenoxy) is 2. The van der Waals surface area contributed by atoms with Gasteiger partial charge in [0.1, 0.15) is 23.0 Å². The monoisotopic (exact) mass is 580 g/mol. The van der Waals surface area contributed by atoms with Crippen LogP contribution in [0.15, 0.2) is 97.1 Å². The fourth-order valence-electron chi connectivity index (χ4n) is 4.99. The number of carboxylic acid groups (broad SMARTS) is 1. The number of phenolic OH excluding ortho intramolecular Hbond substituents is 1. The number of carbonyl (C=O) groups is 3. The van der Waals surface area contributed by atoms with Gasteiger partial charge in [0.25, 0.3) is 5.91 Å². The molecule has 1 aliphatic carbocycles. The fraction of sp³-hybridized carbons (Fsp3) is 0.206. The van der Waals surface area contributed by atoms with Crippen LogP contribution in [0.2, 0.25) is 0 Å². The molecule has 43 heavy (non-hydrogen) atoms. The summed E-state index contributed by atoms with van der Waals surface area (Å²) in [5.41, 5.74) is 1.50. The number of aromatic hydroxyl groups is 1. The summed E-state index contributed by atoms with van der Waals surface area (Å²) in [6.45, 7) is 0. The Labute approximate surface area is 249 Å². The molecular formula is C34H32N2O7. The van der Waals surface area contributed by atoms with Crippen LogP contribution in [0.4, 0.5) is 5.69 Å². The number of nitrogens with one attached hydrogen (secondary N) is 2. The number of rotatable bonds is 10. The number of phenols is 1. The van der Waals surface area contributed by atoms with Crippen LogP contribution in [0.1, 0.15) is 52.0 Å². The van der Waals surface area contributed by atoms with Crippen molar-refractivity contribution < 1.29 is 34.1 Å². The molecule has 0 atom stereocenters. The number of hydrogen-bond donors (Lipinski definition) is 4. The summed E-state index contributed by atoms with van der Waals surface area (Å²) in [5.74, 6) is 0.459. The van der Waals surface area contributed by atoms with Gasteiger partial charge in [-0.1, -0.05) is 30.3 Å². The van der Waals surface area contributed by atoms with E-state index in [1.807, 2.05) is 24.3 Å². The molecular weight excluding hydrogens is 548 g/mol. The number of anilines is 1. The van der Waals surface area contributed by atoms with Gasteiger partial charge in [-0.2, -0.15) is 0 Å². The number of benzene rings is 4. The first kappa shape index (κ1) is 29.2. The second kappa shape index (κ2) is 13.6. The van der Waals surface area contributed by atoms with E-state index < -0.39 is 5.97 Å². The van der Waals surface area contributed by atoms with E-state index in [0.717, 1.165) is 37.0 Å². The van der Waals surface area contributed by atoms with Crippen molar-refractivity contribution in [3.63, 3.8) is 0 Å². The molecule has 1 aliphatic rings. The SMILES string of the molecule is O=C(Cc1ccc(Oc2ccc(OC3CCC(NC(=O)c4cccc(O)c4)CC3)cc2)cc1)Nc1ccccc1C(=O)O. The maximum Gasteiger partial charge on any atom is 0.337 e. The highest BCUT2D eigenvalue weighted by molar-refractivity contribution is 6.01. The minimum Gasteiger partial charge on any atom is -0.508 e. The van der Waals surface area contributed by atoms with E-state index in [1.54, 1.807) is 54.6 Å². The van der Waals surface area contributed by atoms with E-state index in [-0.39, 0.29) is 47.4 Å². The number of amides is 2. The van der Waals surface area contributed by atoms with Crippen LogP contribution in [0.3, 0.4) is 0 Å². The highest BCUT2D eigenvalue weighted by Crippen LogP contribution is 2.28. The van der Waals surface area contributed by atoms with E-state index in [2.05, 4.69) is 10.6 Å². The van der Waals surface area contributed by atoms with Gasteiger partial charge < -0.3 is 30.3 Å². The smallest absolute Gasteiger partial charge is 0.337 e. The molecule has 2 amide bonds. The molecule has 9 heteroatoms. The van der Waals surface area contributed by atoms with Crippen LogP contribution in [0.5, 0.6) is 23.0 Å². The third kappa shape index (κ3) is 8.13. The summed E-state index contributed by atoms with van der Waals surface area (Å²) in [6.07, 6.45) is 3.40. The van der Waals surface area contributed by atoms with Gasteiger partial charge in [0.05, 0.1) is 23.8 Å². The van der Waals surface area contributed by atoms with Crippen molar-refractivity contribution in [2.75, 3.05) is 5.32 Å². The van der Waals surface area contributed by atoms with E-state index in [0.29, 0.717) is 17.1 Å². The fourth-order valence-corrected chi connectivity index (χ4v) is 4.99. The van der Waals surface area contributed by atoms with Gasteiger partial charge >= 0.3 is 5.97 Å². The maximum atomic E-state index is 12.5. The van der Waals surface area contributed by atoms with Crippen molar-refractivity contribution in [2.24, 2.45) is 0 Å². The molecule has 4 aromatic rings. The zero-order valence-electron chi connectivity index (χ0n) is 23.4. The van der Waals surface area contributed by atoms with Crippen molar-refractivity contribution >= 4 is 23.5 Å². The standard InChI is InChI=1S/C34H32N2O7/c37-25-5-3-4-23(21-25)33(39)35-24-10-14-27(15-11-24)43-29-18-16-28(17-19-29)42-26-12-8-22(9-13-26)20-32(38)36-31-7-2-1-6-30(31)34(40)41/h1-9,12-13,16-19,21,24,27,37H,10-11,14-15,20H2,(H,35,39)(H,36,38)(H,40,41). The predicted molar refractivity (Wildman–Crippen MR) is 161 cm³/mol. The first-order valence-corrected chi connectivity index (χ1v) is 14.1. The Morgan fingerprint density at radius 2 is 1.42 bits per heavy atom. The van der Waals surface area contributed by atoms with Gasteiger partial charge in [-0.3, -0.25) is 9.59 Å². The lowest BCUT2D eigenvalue weighted by Crippen LogP contribution is -2.39. The van der Waals surface area contributed by atoms with Gasteiger partial charge in [0.15, 0.2) is 0 Å². The molecule has 0 aliphatic heterocycles. The quantitative estimate of drug-likeness (QED) is 0.176. The summed E-state index contributed by atoms with van der Waals surface area (Å²) in [6, 6.07) is 27.2. The van der Waals surface area contributed by atoms with Crippen LogP contribution >= 0.6 is 0 Å². The Morgan fingerprint density at radius 3 is 2.09 bits per heavy atom. The Balaban J connectivity index is 1.06. The molecule has 9 nitrogen and oxygen atoms in total. The molecule has 0 saturated heterocycles. The molecule has 0 spiro atoms. The summed E-state index contributed by atoms with van der Waals surface area (Å²) >= 11 is 0. The molecule has 0 unspecified atom stereocenters. The minimum absolute atomic E-state index is 0.0380. The van der Waals surface area contributed by atoms with Crippen LogP contribution < -0.4 is 20.1 Å². The normalized spacial score (nSPS) is 16.1. The van der Waals surface area contributed by atoms with Gasteiger partial charge in [-0.05, 0) is 98.0 Å². The highest BCUT2D eigenvalue weighted by atomic mass is 16.5. The first-order chi connectivity index (χ1) is 20.8. The molecule has 5 rings (SSSR count). The molecule has 0 aromatic heterocycles. The predicted octanol–water partition coefficient (Wildman–Crippen LogP) is 6.18. The largest absolute Gasteiger partial charge is 0.508 e. The Morgan fingerprint density at radius 1 is 0.767 bits per heavy atom. The Hall–Kier alpha value is -5.31. The number of aromatic carboxylic acids is 1. The average Bonchev–Trinajstić information content (AvgIpc) is 3.00. The molecule has 4 aromatic carbocycles. The van der Waals surface area contributed by atoms with Crippen molar-refractivity contribution in [1.82, 2.24) is 5.32 Å². The van der Waals surface area contributed by atoms with Crippen LogP contribution in [0, 0.1) is 0 Å². The Kier molecular flexibility index (Phi) is 9.21. The van der Waals surface area contributed by atoms with Crippen molar-refractivity contribution in [3.05, 3.63) is 114 Å². The second-order valence-corrected chi connectivity index (χ2v) is 10.4. The van der Waals surface area contributed by atoms with Gasteiger partial charge in [0.2, 0.25) is 5.91 Å². The maximum absolute atomic E-state index is 12.5. The van der Waals surface area contributed by atoms with Gasteiger partial charge in [0, 0.05) is 11.6 Å². The zero-order chi connectivity index (χ0) is 30.2. The summed E-state index contributed by atoms with van der Waals surface area (Å²) in [5, 5.41) is 24.6. The Bertz CT molecular complexity index is 1580. The summed E-state index contributed by atoms with van der Waals surface area (Å²) in [4.78, 5) is 36.3. The highest BCUT2D eigenvalue weighted by Gasteiger charge is 2.24. The van der Waals surface area contributed by atoms with Gasteiger partial charge in [-0.25, -0.2) is 4.79 Å². The van der Waals surface area contributed by atoms with Gasteiger partial charge in [-0.15, -0.1) is 0 Å². The summed E-state index contributed by atoms with van der Waals surface area (Å²) in [7, 11) is 0. The molecule has 4 N–H and O–H groups in total. The molecule has 0 radical (unpaired) electrons. The van der Waals surface area contributed by atoms with E-state index in [1.165, 1.54) is 18.2 Å².